The molecule has 0 heterocycles. The number of hydrogen-bond acceptors (Lipinski definition) is 4. The molecule has 3 atom stereocenters. The third kappa shape index (κ3) is 4.05. The van der Waals surface area contributed by atoms with Gasteiger partial charge in [0, 0.05) is 18.5 Å². The highest BCUT2D eigenvalue weighted by Crippen LogP contribution is 2.40. The van der Waals surface area contributed by atoms with Gasteiger partial charge in [0.05, 0.1) is 20.1 Å². The highest BCUT2D eigenvalue weighted by atomic mass is 19.1. The molecule has 1 aliphatic rings. The molecule has 1 fully saturated rings. The predicted molar refractivity (Wildman–Crippen MR) is 97.5 cm³/mol. The van der Waals surface area contributed by atoms with Crippen LogP contribution in [0, 0.1) is 11.7 Å². The molecule has 1 saturated carbocycles. The Morgan fingerprint density at radius 2 is 1.77 bits per heavy atom. The average molecular weight is 357 g/mol. The van der Waals surface area contributed by atoms with E-state index in [1.54, 1.807) is 19.2 Å². The van der Waals surface area contributed by atoms with Gasteiger partial charge in [-0.1, -0.05) is 24.3 Å². The zero-order chi connectivity index (χ0) is 18.5. The lowest BCUT2D eigenvalue weighted by molar-refractivity contribution is -0.145. The molecule has 0 unspecified atom stereocenters. The second-order valence-corrected chi connectivity index (χ2v) is 6.62. The van der Waals surface area contributed by atoms with E-state index in [1.807, 2.05) is 24.3 Å². The van der Waals surface area contributed by atoms with Crippen molar-refractivity contribution in [2.45, 2.75) is 31.3 Å². The van der Waals surface area contributed by atoms with Crippen LogP contribution in [-0.2, 0) is 16.1 Å². The van der Waals surface area contributed by atoms with Crippen molar-refractivity contribution in [3.8, 4) is 5.75 Å². The van der Waals surface area contributed by atoms with Gasteiger partial charge in [-0.3, -0.25) is 4.79 Å². The second-order valence-electron chi connectivity index (χ2n) is 6.62. The topological polar surface area (TPSA) is 47.6 Å². The minimum atomic E-state index is -0.274. The largest absolute Gasteiger partial charge is 0.497 e. The zero-order valence-electron chi connectivity index (χ0n) is 15.1. The molecule has 0 radical (unpaired) electrons. The molecule has 5 heteroatoms. The number of rotatable bonds is 6. The first-order valence-electron chi connectivity index (χ1n) is 8.82. The lowest BCUT2D eigenvalue weighted by Gasteiger charge is -2.25. The molecule has 0 spiro atoms. The minimum Gasteiger partial charge on any atom is -0.497 e. The molecular formula is C21H24FNO3. The number of hydrogen-bond donors (Lipinski definition) is 1. The summed E-state index contributed by atoms with van der Waals surface area (Å²) in [5.74, 6) is 0.113. The van der Waals surface area contributed by atoms with E-state index in [2.05, 4.69) is 5.32 Å². The normalized spacial score (nSPS) is 22.2. The SMILES string of the molecule is COC(=O)[C@@H]1CC[C@H](NCc2ccc(OC)cc2)[C@H]1c1ccc(F)cc1. The van der Waals surface area contributed by atoms with E-state index in [0.29, 0.717) is 6.54 Å². The van der Waals surface area contributed by atoms with Crippen molar-refractivity contribution in [2.75, 3.05) is 14.2 Å². The Kier molecular flexibility index (Phi) is 5.89. The van der Waals surface area contributed by atoms with Crippen molar-refractivity contribution in [1.29, 1.82) is 0 Å². The van der Waals surface area contributed by atoms with Crippen molar-refractivity contribution >= 4 is 5.97 Å². The van der Waals surface area contributed by atoms with Crippen molar-refractivity contribution < 1.29 is 18.7 Å². The van der Waals surface area contributed by atoms with Crippen LogP contribution in [-0.4, -0.2) is 26.2 Å². The van der Waals surface area contributed by atoms with Crippen LogP contribution < -0.4 is 10.1 Å². The Bertz CT molecular complexity index is 730. The highest BCUT2D eigenvalue weighted by molar-refractivity contribution is 5.74. The fraction of sp³-hybridized carbons (Fsp3) is 0.381. The maximum absolute atomic E-state index is 13.3. The third-order valence-electron chi connectivity index (χ3n) is 5.14. The number of methoxy groups -OCH3 is 2. The summed E-state index contributed by atoms with van der Waals surface area (Å²) in [5.41, 5.74) is 2.11. The number of ether oxygens (including phenoxy) is 2. The maximum Gasteiger partial charge on any atom is 0.309 e. The Hall–Kier alpha value is -2.40. The van der Waals surface area contributed by atoms with Gasteiger partial charge >= 0.3 is 5.97 Å². The molecule has 2 aromatic carbocycles. The average Bonchev–Trinajstić information content (AvgIpc) is 3.10. The van der Waals surface area contributed by atoms with Gasteiger partial charge in [-0.15, -0.1) is 0 Å². The van der Waals surface area contributed by atoms with E-state index >= 15 is 0 Å². The van der Waals surface area contributed by atoms with Gasteiger partial charge < -0.3 is 14.8 Å². The first-order valence-corrected chi connectivity index (χ1v) is 8.82. The quantitative estimate of drug-likeness (QED) is 0.802. The molecule has 3 rings (SSSR count). The van der Waals surface area contributed by atoms with Gasteiger partial charge in [-0.2, -0.15) is 0 Å². The number of benzene rings is 2. The van der Waals surface area contributed by atoms with Crippen LogP contribution in [0.25, 0.3) is 0 Å². The molecule has 0 aliphatic heterocycles. The number of carbonyl (C=O) groups is 1. The molecular weight excluding hydrogens is 333 g/mol. The summed E-state index contributed by atoms with van der Waals surface area (Å²) in [6.07, 6.45) is 1.63. The summed E-state index contributed by atoms with van der Waals surface area (Å²) in [7, 11) is 3.06. The van der Waals surface area contributed by atoms with E-state index in [1.165, 1.54) is 19.2 Å². The molecule has 138 valence electrons. The Labute approximate surface area is 153 Å². The standard InChI is InChI=1S/C21H24FNO3/c1-25-17-9-3-14(4-10-17)13-23-19-12-11-18(21(24)26-2)20(19)15-5-7-16(22)8-6-15/h3-10,18-20,23H,11-13H2,1-2H3/t18-,19+,20+/m1/s1. The molecule has 1 aliphatic carbocycles. The molecule has 4 nitrogen and oxygen atoms in total. The lowest BCUT2D eigenvalue weighted by atomic mass is 9.86. The van der Waals surface area contributed by atoms with E-state index in [4.69, 9.17) is 9.47 Å². The van der Waals surface area contributed by atoms with Crippen molar-refractivity contribution in [1.82, 2.24) is 5.32 Å². The zero-order valence-corrected chi connectivity index (χ0v) is 15.1. The first-order chi connectivity index (χ1) is 12.6. The van der Waals surface area contributed by atoms with Gasteiger partial charge in [0.25, 0.3) is 0 Å². The van der Waals surface area contributed by atoms with Gasteiger partial charge in [-0.05, 0) is 48.2 Å². The minimum absolute atomic E-state index is 0.0266. The van der Waals surface area contributed by atoms with Gasteiger partial charge in [0.1, 0.15) is 11.6 Å². The molecule has 0 aromatic heterocycles. The number of nitrogens with one attached hydrogen (secondary N) is 1. The number of esters is 1. The molecule has 0 amide bonds. The fourth-order valence-electron chi connectivity index (χ4n) is 3.79. The molecule has 0 saturated heterocycles. The number of carbonyl (C=O) groups excluding carboxylic acids is 1. The van der Waals surface area contributed by atoms with Crippen LogP contribution in [0.4, 0.5) is 4.39 Å². The Morgan fingerprint density at radius 3 is 2.38 bits per heavy atom. The summed E-state index contributed by atoms with van der Waals surface area (Å²) >= 11 is 0. The summed E-state index contributed by atoms with van der Waals surface area (Å²) < 4.78 is 23.5. The molecule has 26 heavy (non-hydrogen) atoms. The van der Waals surface area contributed by atoms with E-state index in [-0.39, 0.29) is 29.7 Å². The number of halogens is 1. The van der Waals surface area contributed by atoms with Crippen LogP contribution in [0.3, 0.4) is 0 Å². The molecule has 0 bridgehead atoms. The summed E-state index contributed by atoms with van der Waals surface area (Å²) in [4.78, 5) is 12.2. The van der Waals surface area contributed by atoms with Crippen molar-refractivity contribution in [3.05, 3.63) is 65.5 Å². The van der Waals surface area contributed by atoms with Gasteiger partial charge in [0.15, 0.2) is 0 Å². The van der Waals surface area contributed by atoms with E-state index in [0.717, 1.165) is 29.7 Å². The van der Waals surface area contributed by atoms with E-state index < -0.39 is 0 Å². The highest BCUT2D eigenvalue weighted by Gasteiger charge is 2.41. The van der Waals surface area contributed by atoms with E-state index in [9.17, 15) is 9.18 Å². The van der Waals surface area contributed by atoms with Crippen LogP contribution in [0.1, 0.15) is 29.9 Å². The lowest BCUT2D eigenvalue weighted by Crippen LogP contribution is -2.34. The van der Waals surface area contributed by atoms with Crippen LogP contribution in [0.2, 0.25) is 0 Å². The molecule has 1 N–H and O–H groups in total. The maximum atomic E-state index is 13.3. The van der Waals surface area contributed by atoms with Crippen LogP contribution in [0.5, 0.6) is 5.75 Å². The summed E-state index contributed by atoms with van der Waals surface area (Å²) in [6.45, 7) is 0.695. The smallest absolute Gasteiger partial charge is 0.309 e. The Morgan fingerprint density at radius 1 is 1.08 bits per heavy atom. The third-order valence-corrected chi connectivity index (χ3v) is 5.14. The fourth-order valence-corrected chi connectivity index (χ4v) is 3.79. The van der Waals surface area contributed by atoms with Gasteiger partial charge in [-0.25, -0.2) is 4.39 Å². The van der Waals surface area contributed by atoms with Crippen molar-refractivity contribution in [3.63, 3.8) is 0 Å². The monoisotopic (exact) mass is 357 g/mol. The second kappa shape index (κ2) is 8.32. The summed E-state index contributed by atoms with van der Waals surface area (Å²) in [6, 6.07) is 14.5. The van der Waals surface area contributed by atoms with Crippen LogP contribution in [0.15, 0.2) is 48.5 Å². The first kappa shape index (κ1) is 18.4. The van der Waals surface area contributed by atoms with Gasteiger partial charge in [0.2, 0.25) is 0 Å². The summed E-state index contributed by atoms with van der Waals surface area (Å²) in [5, 5.41) is 3.57. The van der Waals surface area contributed by atoms with Crippen molar-refractivity contribution in [2.24, 2.45) is 5.92 Å². The Balaban J connectivity index is 1.75. The predicted octanol–water partition coefficient (Wildman–Crippen LogP) is 3.66. The van der Waals surface area contributed by atoms with Crippen LogP contribution >= 0.6 is 0 Å². The molecule has 2 aromatic rings.